The summed E-state index contributed by atoms with van der Waals surface area (Å²) in [7, 11) is 0. The summed E-state index contributed by atoms with van der Waals surface area (Å²) in [6.45, 7) is 1.61. The fourth-order valence-electron chi connectivity index (χ4n) is 2.82. The molecule has 0 aliphatic rings. The number of benzene rings is 2. The number of carboxylic acid groups (broad SMARTS) is 1. The smallest absolute Gasteiger partial charge is 0.416 e. The molecule has 29 heavy (non-hydrogen) atoms. The van der Waals surface area contributed by atoms with Gasteiger partial charge in [0, 0.05) is 11.9 Å². The first-order valence-electron chi connectivity index (χ1n) is 8.39. The van der Waals surface area contributed by atoms with Crippen LogP contribution < -0.4 is 5.32 Å². The van der Waals surface area contributed by atoms with E-state index in [9.17, 15) is 23.1 Å². The van der Waals surface area contributed by atoms with Crippen molar-refractivity contribution in [1.82, 2.24) is 15.5 Å². The standard InChI is InChI=1S/C19H15ClF3N3O3/c1-10-25-26-17(29-10)9-16(24-18(27)28)14-8-12(4-7-15(14)20)11-2-5-13(6-3-11)19(21,22)23/h2-8,16,24H,9H2,1H3,(H,27,28). The van der Waals surface area contributed by atoms with E-state index in [1.54, 1.807) is 25.1 Å². The highest BCUT2D eigenvalue weighted by Crippen LogP contribution is 2.33. The molecule has 1 heterocycles. The minimum atomic E-state index is -4.43. The number of aryl methyl sites for hydroxylation is 1. The van der Waals surface area contributed by atoms with Crippen LogP contribution in [0.3, 0.4) is 0 Å². The third-order valence-electron chi connectivity index (χ3n) is 4.16. The summed E-state index contributed by atoms with van der Waals surface area (Å²) in [6.07, 6.45) is -5.65. The Morgan fingerprint density at radius 2 is 1.83 bits per heavy atom. The Bertz CT molecular complexity index is 1020. The Hall–Kier alpha value is -3.07. The van der Waals surface area contributed by atoms with Gasteiger partial charge in [-0.2, -0.15) is 13.2 Å². The van der Waals surface area contributed by atoms with E-state index in [1.807, 2.05) is 0 Å². The summed E-state index contributed by atoms with van der Waals surface area (Å²) in [5.74, 6) is 0.552. The van der Waals surface area contributed by atoms with Gasteiger partial charge in [-0.25, -0.2) is 4.79 Å². The summed E-state index contributed by atoms with van der Waals surface area (Å²) in [4.78, 5) is 11.2. The minimum absolute atomic E-state index is 0.0589. The molecule has 3 rings (SSSR count). The van der Waals surface area contributed by atoms with Gasteiger partial charge in [-0.3, -0.25) is 0 Å². The molecule has 2 N–H and O–H groups in total. The number of carbonyl (C=O) groups is 1. The van der Waals surface area contributed by atoms with Crippen molar-refractivity contribution in [3.05, 3.63) is 70.4 Å². The molecule has 1 unspecified atom stereocenters. The number of alkyl halides is 3. The lowest BCUT2D eigenvalue weighted by Crippen LogP contribution is -2.28. The van der Waals surface area contributed by atoms with Crippen molar-refractivity contribution in [2.24, 2.45) is 0 Å². The van der Waals surface area contributed by atoms with Crippen LogP contribution in [0, 0.1) is 6.92 Å². The zero-order valence-corrected chi connectivity index (χ0v) is 15.8. The third-order valence-corrected chi connectivity index (χ3v) is 4.51. The van der Waals surface area contributed by atoms with Gasteiger partial charge < -0.3 is 14.8 Å². The summed E-state index contributed by atoms with van der Waals surface area (Å²) < 4.78 is 43.6. The maximum atomic E-state index is 12.8. The summed E-state index contributed by atoms with van der Waals surface area (Å²) in [5, 5.41) is 19.4. The Balaban J connectivity index is 1.95. The van der Waals surface area contributed by atoms with Crippen molar-refractivity contribution in [3.8, 4) is 11.1 Å². The van der Waals surface area contributed by atoms with Gasteiger partial charge in [0.25, 0.3) is 0 Å². The molecule has 10 heteroatoms. The molecule has 0 spiro atoms. The van der Waals surface area contributed by atoms with Crippen LogP contribution in [0.15, 0.2) is 46.9 Å². The molecule has 1 atom stereocenters. The fraction of sp³-hybridized carbons (Fsp3) is 0.211. The number of amides is 1. The predicted octanol–water partition coefficient (Wildman–Crippen LogP) is 5.27. The molecule has 2 aromatic carbocycles. The van der Waals surface area contributed by atoms with Gasteiger partial charge in [-0.05, 0) is 41.0 Å². The van der Waals surface area contributed by atoms with Crippen LogP contribution in [0.25, 0.3) is 11.1 Å². The van der Waals surface area contributed by atoms with E-state index in [-0.39, 0.29) is 17.3 Å². The van der Waals surface area contributed by atoms with Crippen LogP contribution in [-0.2, 0) is 12.6 Å². The molecule has 0 saturated heterocycles. The topological polar surface area (TPSA) is 88.2 Å². The molecule has 152 valence electrons. The lowest BCUT2D eigenvalue weighted by Gasteiger charge is -2.18. The van der Waals surface area contributed by atoms with Crippen molar-refractivity contribution >= 4 is 17.7 Å². The molecule has 6 nitrogen and oxygen atoms in total. The highest BCUT2D eigenvalue weighted by molar-refractivity contribution is 6.31. The van der Waals surface area contributed by atoms with E-state index in [4.69, 9.17) is 16.0 Å². The molecular weight excluding hydrogens is 411 g/mol. The van der Waals surface area contributed by atoms with E-state index in [1.165, 1.54) is 12.1 Å². The third kappa shape index (κ3) is 5.05. The summed E-state index contributed by atoms with van der Waals surface area (Å²) in [5.41, 5.74) is 0.783. The van der Waals surface area contributed by atoms with Crippen LogP contribution in [-0.4, -0.2) is 21.4 Å². The van der Waals surface area contributed by atoms with Crippen LogP contribution in [0.4, 0.5) is 18.0 Å². The van der Waals surface area contributed by atoms with Gasteiger partial charge in [0.15, 0.2) is 0 Å². The fourth-order valence-corrected chi connectivity index (χ4v) is 3.07. The van der Waals surface area contributed by atoms with E-state index in [2.05, 4.69) is 15.5 Å². The second kappa shape index (κ2) is 8.12. The molecule has 0 bridgehead atoms. The maximum Gasteiger partial charge on any atom is 0.416 e. The molecule has 0 saturated carbocycles. The quantitative estimate of drug-likeness (QED) is 0.581. The number of hydrogen-bond acceptors (Lipinski definition) is 4. The molecule has 0 aliphatic carbocycles. The highest BCUT2D eigenvalue weighted by Gasteiger charge is 2.30. The number of aromatic nitrogens is 2. The second-order valence-corrected chi connectivity index (χ2v) is 6.64. The van der Waals surface area contributed by atoms with Crippen LogP contribution in [0.1, 0.15) is 29.0 Å². The highest BCUT2D eigenvalue weighted by atomic mass is 35.5. The zero-order chi connectivity index (χ0) is 21.2. The molecule has 1 amide bonds. The maximum absolute atomic E-state index is 12.8. The lowest BCUT2D eigenvalue weighted by molar-refractivity contribution is -0.137. The molecule has 0 radical (unpaired) electrons. The van der Waals surface area contributed by atoms with Crippen LogP contribution in [0.2, 0.25) is 5.02 Å². The molecular formula is C19H15ClF3N3O3. The molecule has 3 aromatic rings. The van der Waals surface area contributed by atoms with Crippen LogP contribution in [0.5, 0.6) is 0 Å². The first kappa shape index (κ1) is 20.7. The van der Waals surface area contributed by atoms with E-state index in [0.29, 0.717) is 22.6 Å². The van der Waals surface area contributed by atoms with Crippen molar-refractivity contribution in [2.45, 2.75) is 25.6 Å². The summed E-state index contributed by atoms with van der Waals surface area (Å²) in [6, 6.07) is 8.68. The van der Waals surface area contributed by atoms with Gasteiger partial charge in [0.05, 0.1) is 18.0 Å². The lowest BCUT2D eigenvalue weighted by atomic mass is 9.97. The monoisotopic (exact) mass is 425 g/mol. The first-order chi connectivity index (χ1) is 13.6. The predicted molar refractivity (Wildman–Crippen MR) is 98.5 cm³/mol. The van der Waals surface area contributed by atoms with E-state index in [0.717, 1.165) is 12.1 Å². The SMILES string of the molecule is Cc1nnc(CC(NC(=O)O)c2cc(-c3ccc(C(F)(F)F)cc3)ccc2Cl)o1. The second-order valence-electron chi connectivity index (χ2n) is 6.23. The normalized spacial score (nSPS) is 12.6. The summed E-state index contributed by atoms with van der Waals surface area (Å²) >= 11 is 6.27. The first-order valence-corrected chi connectivity index (χ1v) is 8.77. The zero-order valence-electron chi connectivity index (χ0n) is 15.0. The average Bonchev–Trinajstić information content (AvgIpc) is 3.05. The number of nitrogens with one attached hydrogen (secondary N) is 1. The van der Waals surface area contributed by atoms with E-state index >= 15 is 0 Å². The van der Waals surface area contributed by atoms with E-state index < -0.39 is 23.9 Å². The Kier molecular flexibility index (Phi) is 5.78. The number of nitrogens with zero attached hydrogens (tertiary/aromatic N) is 2. The van der Waals surface area contributed by atoms with Crippen molar-refractivity contribution in [1.29, 1.82) is 0 Å². The van der Waals surface area contributed by atoms with Gasteiger partial charge in [0.2, 0.25) is 11.8 Å². The molecule has 0 aliphatic heterocycles. The van der Waals surface area contributed by atoms with Gasteiger partial charge >= 0.3 is 12.3 Å². The average molecular weight is 426 g/mol. The number of hydrogen-bond donors (Lipinski definition) is 2. The Morgan fingerprint density at radius 3 is 2.38 bits per heavy atom. The number of halogens is 4. The van der Waals surface area contributed by atoms with Crippen LogP contribution >= 0.6 is 11.6 Å². The van der Waals surface area contributed by atoms with Gasteiger partial charge in [-0.15, -0.1) is 10.2 Å². The van der Waals surface area contributed by atoms with Crippen molar-refractivity contribution in [2.75, 3.05) is 0 Å². The van der Waals surface area contributed by atoms with Gasteiger partial charge in [0.1, 0.15) is 0 Å². The Labute approximate surface area is 168 Å². The van der Waals surface area contributed by atoms with Crippen molar-refractivity contribution < 1.29 is 27.5 Å². The number of rotatable bonds is 5. The molecule has 1 aromatic heterocycles. The van der Waals surface area contributed by atoms with Gasteiger partial charge in [-0.1, -0.05) is 29.8 Å². The van der Waals surface area contributed by atoms with Crippen molar-refractivity contribution in [3.63, 3.8) is 0 Å². The largest absolute Gasteiger partial charge is 0.465 e. The minimum Gasteiger partial charge on any atom is -0.465 e. The molecule has 0 fully saturated rings. The Morgan fingerprint density at radius 1 is 1.17 bits per heavy atom.